The van der Waals surface area contributed by atoms with Crippen LogP contribution in [0.2, 0.25) is 0 Å². The molecular formula is C12H13ClN2O2. The van der Waals surface area contributed by atoms with Gasteiger partial charge in [-0.15, -0.1) is 12.4 Å². The zero-order chi connectivity index (χ0) is 11.7. The molecule has 0 saturated carbocycles. The molecule has 0 radical (unpaired) electrons. The van der Waals surface area contributed by atoms with E-state index in [-0.39, 0.29) is 29.6 Å². The number of hydrogen-bond donors (Lipinski definition) is 4. The van der Waals surface area contributed by atoms with Crippen molar-refractivity contribution in [2.75, 3.05) is 11.5 Å². The second-order valence-corrected chi connectivity index (χ2v) is 3.51. The van der Waals surface area contributed by atoms with E-state index in [1.54, 1.807) is 30.3 Å². The van der Waals surface area contributed by atoms with E-state index in [1.165, 1.54) is 6.07 Å². The summed E-state index contributed by atoms with van der Waals surface area (Å²) >= 11 is 0. The van der Waals surface area contributed by atoms with Crippen LogP contribution in [0.15, 0.2) is 36.4 Å². The number of benzene rings is 2. The van der Waals surface area contributed by atoms with Crippen molar-refractivity contribution >= 4 is 23.8 Å². The first-order valence-corrected chi connectivity index (χ1v) is 4.76. The summed E-state index contributed by atoms with van der Waals surface area (Å²) in [6.07, 6.45) is 0. The Labute approximate surface area is 105 Å². The molecule has 0 unspecified atom stereocenters. The lowest BCUT2D eigenvalue weighted by molar-refractivity contribution is 0.475. The van der Waals surface area contributed by atoms with E-state index in [1.807, 2.05) is 0 Å². The number of phenolic OH excluding ortho intramolecular Hbond substituents is 2. The van der Waals surface area contributed by atoms with Crippen molar-refractivity contribution < 1.29 is 10.2 Å². The number of nitrogen functional groups attached to an aromatic ring is 2. The molecule has 0 spiro atoms. The fourth-order valence-electron chi connectivity index (χ4n) is 1.52. The Balaban J connectivity index is 0.00000144. The molecular weight excluding hydrogens is 240 g/mol. The van der Waals surface area contributed by atoms with Crippen molar-refractivity contribution in [1.82, 2.24) is 0 Å². The lowest BCUT2D eigenvalue weighted by atomic mass is 10.0. The van der Waals surface area contributed by atoms with Crippen molar-refractivity contribution in [2.45, 2.75) is 0 Å². The highest BCUT2D eigenvalue weighted by molar-refractivity contribution is 5.87. The zero-order valence-corrected chi connectivity index (χ0v) is 9.74. The SMILES string of the molecule is Cl.Nc1c(O)ccc(-c2ccc(O)cc2)c1N. The molecule has 17 heavy (non-hydrogen) atoms. The average Bonchev–Trinajstić information content (AvgIpc) is 2.28. The van der Waals surface area contributed by atoms with E-state index in [0.29, 0.717) is 5.69 Å². The summed E-state index contributed by atoms with van der Waals surface area (Å²) in [5.74, 6) is 0.161. The molecule has 0 saturated heterocycles. The van der Waals surface area contributed by atoms with Gasteiger partial charge >= 0.3 is 0 Å². The van der Waals surface area contributed by atoms with Crippen LogP contribution in [-0.2, 0) is 0 Å². The third kappa shape index (κ3) is 2.37. The van der Waals surface area contributed by atoms with Gasteiger partial charge in [0.1, 0.15) is 11.5 Å². The van der Waals surface area contributed by atoms with E-state index in [0.717, 1.165) is 11.1 Å². The summed E-state index contributed by atoms with van der Waals surface area (Å²) in [5.41, 5.74) is 13.5. The smallest absolute Gasteiger partial charge is 0.140 e. The van der Waals surface area contributed by atoms with E-state index >= 15 is 0 Å². The topological polar surface area (TPSA) is 92.5 Å². The highest BCUT2D eigenvalue weighted by Crippen LogP contribution is 2.36. The van der Waals surface area contributed by atoms with E-state index < -0.39 is 0 Å². The number of rotatable bonds is 1. The maximum atomic E-state index is 9.37. The first-order valence-electron chi connectivity index (χ1n) is 4.76. The van der Waals surface area contributed by atoms with Crippen LogP contribution in [0.25, 0.3) is 11.1 Å². The quantitative estimate of drug-likeness (QED) is 0.463. The fraction of sp³-hybridized carbons (Fsp3) is 0. The normalized spacial score (nSPS) is 9.65. The highest BCUT2D eigenvalue weighted by Gasteiger charge is 2.08. The summed E-state index contributed by atoms with van der Waals surface area (Å²) in [4.78, 5) is 0. The number of nitrogens with two attached hydrogens (primary N) is 2. The second-order valence-electron chi connectivity index (χ2n) is 3.51. The summed E-state index contributed by atoms with van der Waals surface area (Å²) < 4.78 is 0. The summed E-state index contributed by atoms with van der Waals surface area (Å²) in [7, 11) is 0. The van der Waals surface area contributed by atoms with Crippen molar-refractivity contribution in [3.63, 3.8) is 0 Å². The van der Waals surface area contributed by atoms with E-state index in [2.05, 4.69) is 0 Å². The molecule has 2 rings (SSSR count). The summed E-state index contributed by atoms with van der Waals surface area (Å²) in [6.45, 7) is 0. The maximum absolute atomic E-state index is 9.37. The number of hydrogen-bond acceptors (Lipinski definition) is 4. The predicted molar refractivity (Wildman–Crippen MR) is 71.3 cm³/mol. The Kier molecular flexibility index (Phi) is 3.70. The maximum Gasteiger partial charge on any atom is 0.140 e. The molecule has 0 fully saturated rings. The fourth-order valence-corrected chi connectivity index (χ4v) is 1.52. The van der Waals surface area contributed by atoms with Gasteiger partial charge in [0.15, 0.2) is 0 Å². The zero-order valence-electron chi connectivity index (χ0n) is 8.92. The number of phenols is 2. The van der Waals surface area contributed by atoms with Crippen LogP contribution in [0.5, 0.6) is 11.5 Å². The van der Waals surface area contributed by atoms with Crippen LogP contribution in [0, 0.1) is 0 Å². The highest BCUT2D eigenvalue weighted by atomic mass is 35.5. The third-order valence-electron chi connectivity index (χ3n) is 2.44. The lowest BCUT2D eigenvalue weighted by Crippen LogP contribution is -1.97. The minimum Gasteiger partial charge on any atom is -0.508 e. The minimum atomic E-state index is -0.0278. The summed E-state index contributed by atoms with van der Waals surface area (Å²) in [5, 5.41) is 18.5. The molecule has 90 valence electrons. The molecule has 0 heterocycles. The van der Waals surface area contributed by atoms with Crippen LogP contribution in [0.4, 0.5) is 11.4 Å². The number of halogens is 1. The molecule has 0 aliphatic rings. The Morgan fingerprint density at radius 3 is 1.94 bits per heavy atom. The van der Waals surface area contributed by atoms with Gasteiger partial charge in [-0.05, 0) is 29.8 Å². The molecule has 0 aliphatic carbocycles. The molecule has 0 aliphatic heterocycles. The molecule has 0 bridgehead atoms. The lowest BCUT2D eigenvalue weighted by Gasteiger charge is -2.09. The average molecular weight is 253 g/mol. The van der Waals surface area contributed by atoms with Crippen LogP contribution in [0.3, 0.4) is 0 Å². The largest absolute Gasteiger partial charge is 0.508 e. The van der Waals surface area contributed by atoms with Gasteiger partial charge in [-0.2, -0.15) is 0 Å². The van der Waals surface area contributed by atoms with Gasteiger partial charge in [-0.1, -0.05) is 12.1 Å². The Bertz CT molecular complexity index is 527. The van der Waals surface area contributed by atoms with Crippen molar-refractivity contribution in [3.05, 3.63) is 36.4 Å². The number of anilines is 2. The second kappa shape index (κ2) is 4.84. The standard InChI is InChI=1S/C12H12N2O2.ClH/c13-11-9(5-6-10(16)12(11)14)7-1-3-8(15)4-2-7;/h1-6,15-16H,13-14H2;1H. The molecule has 4 nitrogen and oxygen atoms in total. The molecule has 6 N–H and O–H groups in total. The number of aromatic hydroxyl groups is 2. The molecule has 5 heteroatoms. The van der Waals surface area contributed by atoms with Crippen molar-refractivity contribution in [1.29, 1.82) is 0 Å². The van der Waals surface area contributed by atoms with Crippen LogP contribution < -0.4 is 11.5 Å². The van der Waals surface area contributed by atoms with Gasteiger partial charge < -0.3 is 21.7 Å². The first kappa shape index (κ1) is 13.0. The van der Waals surface area contributed by atoms with Crippen molar-refractivity contribution in [2.24, 2.45) is 0 Å². The van der Waals surface area contributed by atoms with Gasteiger partial charge in [0.05, 0.1) is 11.4 Å². The Hall–Kier alpha value is -2.07. The van der Waals surface area contributed by atoms with Crippen LogP contribution in [0.1, 0.15) is 0 Å². The molecule has 0 aromatic heterocycles. The summed E-state index contributed by atoms with van der Waals surface area (Å²) in [6, 6.07) is 9.78. The third-order valence-corrected chi connectivity index (χ3v) is 2.44. The van der Waals surface area contributed by atoms with E-state index in [9.17, 15) is 10.2 Å². The van der Waals surface area contributed by atoms with Gasteiger partial charge in [-0.25, -0.2) is 0 Å². The Morgan fingerprint density at radius 1 is 0.765 bits per heavy atom. The molecule has 0 amide bonds. The predicted octanol–water partition coefficient (Wildman–Crippen LogP) is 2.35. The molecule has 0 atom stereocenters. The van der Waals surface area contributed by atoms with Crippen LogP contribution in [-0.4, -0.2) is 10.2 Å². The van der Waals surface area contributed by atoms with Gasteiger partial charge in [0.25, 0.3) is 0 Å². The monoisotopic (exact) mass is 252 g/mol. The molecule has 2 aromatic rings. The minimum absolute atomic E-state index is 0. The van der Waals surface area contributed by atoms with Crippen LogP contribution >= 0.6 is 12.4 Å². The molecule has 2 aromatic carbocycles. The van der Waals surface area contributed by atoms with Crippen molar-refractivity contribution in [3.8, 4) is 22.6 Å². The van der Waals surface area contributed by atoms with Gasteiger partial charge in [-0.3, -0.25) is 0 Å². The van der Waals surface area contributed by atoms with E-state index in [4.69, 9.17) is 11.5 Å². The Morgan fingerprint density at radius 2 is 1.35 bits per heavy atom. The first-order chi connectivity index (χ1) is 7.59. The van der Waals surface area contributed by atoms with Gasteiger partial charge in [0.2, 0.25) is 0 Å². The van der Waals surface area contributed by atoms with Gasteiger partial charge in [0, 0.05) is 5.56 Å².